The number of carbonyl (C=O) groups is 1. The van der Waals surface area contributed by atoms with E-state index in [-0.39, 0.29) is 5.91 Å². The van der Waals surface area contributed by atoms with Crippen LogP contribution >= 0.6 is 0 Å². The quantitative estimate of drug-likeness (QED) is 0.893. The average Bonchev–Trinajstić information content (AvgIpc) is 2.46. The molecule has 0 radical (unpaired) electrons. The van der Waals surface area contributed by atoms with Gasteiger partial charge in [-0.1, -0.05) is 12.1 Å². The number of amides is 1. The number of hydrogen-bond acceptors (Lipinski definition) is 3. The second-order valence-corrected chi connectivity index (χ2v) is 5.00. The minimum atomic E-state index is 0.177. The van der Waals surface area contributed by atoms with Gasteiger partial charge in [-0.05, 0) is 30.5 Å². The van der Waals surface area contributed by atoms with E-state index < -0.39 is 0 Å². The Bertz CT molecular complexity index is 417. The average molecular weight is 262 g/mol. The van der Waals surface area contributed by atoms with E-state index in [1.54, 1.807) is 14.0 Å². The standard InChI is InChI=1S/C15H22N2O2/c1-12(18)17-10-9-16-14(11-17)6-3-13-4-7-15(19-2)8-5-13/h4-5,7-8,14,16H,3,6,9-11H2,1-2H3. The molecule has 1 aromatic rings. The fourth-order valence-electron chi connectivity index (χ4n) is 2.44. The van der Waals surface area contributed by atoms with E-state index in [2.05, 4.69) is 17.4 Å². The van der Waals surface area contributed by atoms with Crippen molar-refractivity contribution in [2.75, 3.05) is 26.7 Å². The molecule has 1 aliphatic heterocycles. The van der Waals surface area contributed by atoms with Crippen molar-refractivity contribution in [1.29, 1.82) is 0 Å². The lowest BCUT2D eigenvalue weighted by atomic mass is 10.0. The fourth-order valence-corrected chi connectivity index (χ4v) is 2.44. The van der Waals surface area contributed by atoms with E-state index in [4.69, 9.17) is 4.74 Å². The van der Waals surface area contributed by atoms with Crippen LogP contribution in [0.5, 0.6) is 5.75 Å². The number of piperazine rings is 1. The summed E-state index contributed by atoms with van der Waals surface area (Å²) >= 11 is 0. The molecule has 1 heterocycles. The predicted molar refractivity (Wildman–Crippen MR) is 75.4 cm³/mol. The summed E-state index contributed by atoms with van der Waals surface area (Å²) in [6, 6.07) is 8.59. The summed E-state index contributed by atoms with van der Waals surface area (Å²) in [7, 11) is 1.68. The van der Waals surface area contributed by atoms with Gasteiger partial charge in [-0.2, -0.15) is 0 Å². The van der Waals surface area contributed by atoms with Crippen LogP contribution in [0.3, 0.4) is 0 Å². The topological polar surface area (TPSA) is 41.6 Å². The molecular weight excluding hydrogens is 240 g/mol. The fraction of sp³-hybridized carbons (Fsp3) is 0.533. The first kappa shape index (κ1) is 13.9. The molecule has 1 saturated heterocycles. The molecule has 19 heavy (non-hydrogen) atoms. The van der Waals surface area contributed by atoms with E-state index >= 15 is 0 Å². The number of rotatable bonds is 4. The van der Waals surface area contributed by atoms with E-state index in [1.807, 2.05) is 17.0 Å². The van der Waals surface area contributed by atoms with Crippen LogP contribution in [-0.2, 0) is 11.2 Å². The molecule has 1 unspecified atom stereocenters. The summed E-state index contributed by atoms with van der Waals surface area (Å²) in [4.78, 5) is 13.3. The van der Waals surface area contributed by atoms with Crippen molar-refractivity contribution in [3.05, 3.63) is 29.8 Å². The zero-order chi connectivity index (χ0) is 13.7. The van der Waals surface area contributed by atoms with Crippen molar-refractivity contribution in [1.82, 2.24) is 10.2 Å². The molecule has 1 fully saturated rings. The van der Waals surface area contributed by atoms with Crippen molar-refractivity contribution in [3.63, 3.8) is 0 Å². The lowest BCUT2D eigenvalue weighted by Crippen LogP contribution is -2.52. The molecule has 2 rings (SSSR count). The number of nitrogens with zero attached hydrogens (tertiary/aromatic N) is 1. The van der Waals surface area contributed by atoms with E-state index in [1.165, 1.54) is 5.56 Å². The molecule has 104 valence electrons. The number of aryl methyl sites for hydroxylation is 1. The third-order valence-electron chi connectivity index (χ3n) is 3.64. The van der Waals surface area contributed by atoms with Crippen molar-refractivity contribution >= 4 is 5.91 Å². The molecule has 0 bridgehead atoms. The van der Waals surface area contributed by atoms with Gasteiger partial charge in [-0.25, -0.2) is 0 Å². The molecule has 1 aliphatic rings. The van der Waals surface area contributed by atoms with E-state index in [9.17, 15) is 4.79 Å². The number of nitrogens with one attached hydrogen (secondary N) is 1. The Labute approximate surface area is 114 Å². The minimum absolute atomic E-state index is 0.177. The van der Waals surface area contributed by atoms with Crippen LogP contribution in [0.15, 0.2) is 24.3 Å². The Morgan fingerprint density at radius 1 is 1.42 bits per heavy atom. The van der Waals surface area contributed by atoms with Gasteiger partial charge >= 0.3 is 0 Å². The van der Waals surface area contributed by atoms with Crippen molar-refractivity contribution in [2.24, 2.45) is 0 Å². The van der Waals surface area contributed by atoms with Gasteiger partial charge < -0.3 is 15.0 Å². The van der Waals surface area contributed by atoms with Gasteiger partial charge in [0.25, 0.3) is 0 Å². The van der Waals surface area contributed by atoms with Gasteiger partial charge in [0.15, 0.2) is 0 Å². The monoisotopic (exact) mass is 262 g/mol. The minimum Gasteiger partial charge on any atom is -0.497 e. The maximum absolute atomic E-state index is 11.4. The molecule has 1 amide bonds. The second-order valence-electron chi connectivity index (χ2n) is 5.00. The molecule has 1 atom stereocenters. The molecule has 1 N–H and O–H groups in total. The Kier molecular flexibility index (Phi) is 4.80. The first-order chi connectivity index (χ1) is 9.19. The van der Waals surface area contributed by atoms with Crippen LogP contribution in [-0.4, -0.2) is 43.6 Å². The maximum Gasteiger partial charge on any atom is 0.219 e. The summed E-state index contributed by atoms with van der Waals surface area (Å²) in [6.07, 6.45) is 2.07. The molecule has 1 aromatic carbocycles. The first-order valence-electron chi connectivity index (χ1n) is 6.81. The molecule has 0 aromatic heterocycles. The highest BCUT2D eigenvalue weighted by molar-refractivity contribution is 5.73. The van der Waals surface area contributed by atoms with E-state index in [0.717, 1.165) is 38.2 Å². The molecular formula is C15H22N2O2. The Balaban J connectivity index is 1.82. The van der Waals surface area contributed by atoms with E-state index in [0.29, 0.717) is 6.04 Å². The molecule has 4 nitrogen and oxygen atoms in total. The third kappa shape index (κ3) is 3.96. The van der Waals surface area contributed by atoms with Crippen LogP contribution in [0.1, 0.15) is 18.9 Å². The highest BCUT2D eigenvalue weighted by atomic mass is 16.5. The summed E-state index contributed by atoms with van der Waals surface area (Å²) in [5, 5.41) is 3.48. The number of carbonyl (C=O) groups excluding carboxylic acids is 1. The second kappa shape index (κ2) is 6.57. The Morgan fingerprint density at radius 3 is 2.79 bits per heavy atom. The van der Waals surface area contributed by atoms with Crippen molar-refractivity contribution in [3.8, 4) is 5.75 Å². The Morgan fingerprint density at radius 2 is 2.16 bits per heavy atom. The van der Waals surface area contributed by atoms with Gasteiger partial charge in [-0.15, -0.1) is 0 Å². The zero-order valence-corrected chi connectivity index (χ0v) is 11.7. The number of methoxy groups -OCH3 is 1. The first-order valence-corrected chi connectivity index (χ1v) is 6.81. The normalized spacial score (nSPS) is 19.3. The summed E-state index contributed by atoms with van der Waals surface area (Å²) < 4.78 is 5.15. The lowest BCUT2D eigenvalue weighted by molar-refractivity contribution is -0.130. The maximum atomic E-state index is 11.4. The highest BCUT2D eigenvalue weighted by Gasteiger charge is 2.20. The van der Waals surface area contributed by atoms with Crippen LogP contribution in [0.2, 0.25) is 0 Å². The third-order valence-corrected chi connectivity index (χ3v) is 3.64. The predicted octanol–water partition coefficient (Wildman–Crippen LogP) is 1.45. The zero-order valence-electron chi connectivity index (χ0n) is 11.7. The molecule has 0 spiro atoms. The summed E-state index contributed by atoms with van der Waals surface area (Å²) in [5.74, 6) is 1.07. The van der Waals surface area contributed by atoms with Crippen LogP contribution in [0.4, 0.5) is 0 Å². The lowest BCUT2D eigenvalue weighted by Gasteiger charge is -2.33. The van der Waals surface area contributed by atoms with Gasteiger partial charge in [0.1, 0.15) is 5.75 Å². The summed E-state index contributed by atoms with van der Waals surface area (Å²) in [6.45, 7) is 4.19. The van der Waals surface area contributed by atoms with Crippen molar-refractivity contribution < 1.29 is 9.53 Å². The largest absolute Gasteiger partial charge is 0.497 e. The van der Waals surface area contributed by atoms with Crippen LogP contribution < -0.4 is 10.1 Å². The van der Waals surface area contributed by atoms with Gasteiger partial charge in [0.05, 0.1) is 7.11 Å². The van der Waals surface area contributed by atoms with Crippen molar-refractivity contribution in [2.45, 2.75) is 25.8 Å². The summed E-state index contributed by atoms with van der Waals surface area (Å²) in [5.41, 5.74) is 1.31. The van der Waals surface area contributed by atoms with Gasteiger partial charge in [0.2, 0.25) is 5.91 Å². The number of benzene rings is 1. The SMILES string of the molecule is COc1ccc(CCC2CN(C(C)=O)CCN2)cc1. The molecule has 0 saturated carbocycles. The molecule has 4 heteroatoms. The smallest absolute Gasteiger partial charge is 0.219 e. The van der Waals surface area contributed by atoms with Gasteiger partial charge in [-0.3, -0.25) is 4.79 Å². The number of ether oxygens (including phenoxy) is 1. The Hall–Kier alpha value is -1.55. The van der Waals surface area contributed by atoms with Crippen LogP contribution in [0.25, 0.3) is 0 Å². The van der Waals surface area contributed by atoms with Crippen LogP contribution in [0, 0.1) is 0 Å². The molecule has 0 aliphatic carbocycles. The van der Waals surface area contributed by atoms with Gasteiger partial charge in [0, 0.05) is 32.6 Å². The number of hydrogen-bond donors (Lipinski definition) is 1. The highest BCUT2D eigenvalue weighted by Crippen LogP contribution is 2.14.